The smallest absolute Gasteiger partial charge is 0.494 e. The molecule has 3 rings (SSSR count). The first-order valence-electron chi connectivity index (χ1n) is 9.14. The normalized spacial score (nSPS) is 12.1. The predicted octanol–water partition coefficient (Wildman–Crippen LogP) is 4.95. The Hall–Kier alpha value is -3.70. The number of benzene rings is 2. The van der Waals surface area contributed by atoms with Crippen molar-refractivity contribution in [1.82, 2.24) is 4.57 Å². The van der Waals surface area contributed by atoms with E-state index >= 15 is 0 Å². The maximum Gasteiger partial charge on any atom is 0.499 e. The first kappa shape index (κ1) is 24.0. The van der Waals surface area contributed by atoms with Gasteiger partial charge in [-0.1, -0.05) is 0 Å². The average Bonchev–Trinajstić information content (AvgIpc) is 2.96. The number of alkyl halides is 5. The molecule has 0 saturated carbocycles. The summed E-state index contributed by atoms with van der Waals surface area (Å²) in [6.07, 6.45) is -11.9. The van der Waals surface area contributed by atoms with E-state index in [1.165, 1.54) is 20.1 Å². The standard InChI is InChI=1S/C21H15F6NO5/c1-10-13(8-18(29)30)14-7-17(32-2)15(22)9-16(14)28(10)19(31)11-3-5-12(6-4-11)33-21(26,27)20(23,24)25/h3-7,9H,8H2,1-2H3,(H,29,30). The van der Waals surface area contributed by atoms with Gasteiger partial charge in [-0.3, -0.25) is 14.2 Å². The molecule has 1 aromatic heterocycles. The van der Waals surface area contributed by atoms with E-state index in [4.69, 9.17) is 4.74 Å². The van der Waals surface area contributed by atoms with Crippen LogP contribution in [-0.4, -0.2) is 40.9 Å². The molecule has 2 aromatic carbocycles. The molecule has 0 spiro atoms. The Bertz CT molecular complexity index is 1230. The molecule has 0 aliphatic carbocycles. The van der Waals surface area contributed by atoms with Gasteiger partial charge in [0.15, 0.2) is 11.6 Å². The van der Waals surface area contributed by atoms with Crippen molar-refractivity contribution in [2.45, 2.75) is 25.6 Å². The third kappa shape index (κ3) is 4.45. The Kier molecular flexibility index (Phi) is 6.05. The molecular formula is C21H15F6NO5. The Morgan fingerprint density at radius 2 is 1.67 bits per heavy atom. The fraction of sp³-hybridized carbons (Fsp3) is 0.238. The van der Waals surface area contributed by atoms with Gasteiger partial charge < -0.3 is 14.6 Å². The lowest BCUT2D eigenvalue weighted by molar-refractivity contribution is -0.360. The van der Waals surface area contributed by atoms with Gasteiger partial charge in [0.2, 0.25) is 0 Å². The molecule has 12 heteroatoms. The maximum absolute atomic E-state index is 14.3. The fourth-order valence-corrected chi connectivity index (χ4v) is 3.27. The molecule has 0 bridgehead atoms. The number of aromatic nitrogens is 1. The van der Waals surface area contributed by atoms with Gasteiger partial charge in [-0.15, -0.1) is 0 Å². The first-order valence-corrected chi connectivity index (χ1v) is 9.14. The van der Waals surface area contributed by atoms with E-state index in [-0.39, 0.29) is 33.5 Å². The van der Waals surface area contributed by atoms with E-state index in [0.717, 1.165) is 34.9 Å². The van der Waals surface area contributed by atoms with Crippen molar-refractivity contribution in [2.75, 3.05) is 7.11 Å². The number of halogens is 6. The quantitative estimate of drug-likeness (QED) is 0.511. The van der Waals surface area contributed by atoms with Crippen LogP contribution in [0.15, 0.2) is 36.4 Å². The van der Waals surface area contributed by atoms with Crippen LogP contribution in [0.3, 0.4) is 0 Å². The summed E-state index contributed by atoms with van der Waals surface area (Å²) >= 11 is 0. The van der Waals surface area contributed by atoms with Crippen molar-refractivity contribution in [3.05, 3.63) is 59.0 Å². The molecule has 3 aromatic rings. The van der Waals surface area contributed by atoms with Crippen molar-refractivity contribution >= 4 is 22.8 Å². The summed E-state index contributed by atoms with van der Waals surface area (Å²) in [4.78, 5) is 24.4. The summed E-state index contributed by atoms with van der Waals surface area (Å²) in [7, 11) is 1.21. The van der Waals surface area contributed by atoms with Crippen LogP contribution in [0.2, 0.25) is 0 Å². The van der Waals surface area contributed by atoms with Crippen LogP contribution in [0.4, 0.5) is 26.3 Å². The van der Waals surface area contributed by atoms with Gasteiger partial charge in [0.1, 0.15) is 5.75 Å². The predicted molar refractivity (Wildman–Crippen MR) is 102 cm³/mol. The molecular weight excluding hydrogens is 460 g/mol. The van der Waals surface area contributed by atoms with Crippen molar-refractivity contribution in [3.8, 4) is 11.5 Å². The maximum atomic E-state index is 14.3. The van der Waals surface area contributed by atoms with Crippen LogP contribution in [0.25, 0.3) is 10.9 Å². The third-order valence-electron chi connectivity index (χ3n) is 4.82. The van der Waals surface area contributed by atoms with E-state index in [1.807, 2.05) is 0 Å². The fourth-order valence-electron chi connectivity index (χ4n) is 3.27. The Balaban J connectivity index is 2.06. The molecule has 1 heterocycles. The van der Waals surface area contributed by atoms with Crippen LogP contribution in [0.5, 0.6) is 11.5 Å². The highest BCUT2D eigenvalue weighted by molar-refractivity contribution is 6.05. The van der Waals surface area contributed by atoms with Crippen LogP contribution in [0.1, 0.15) is 21.6 Å². The number of aliphatic carboxylic acids is 1. The summed E-state index contributed by atoms with van der Waals surface area (Å²) in [5.74, 6) is -3.85. The summed E-state index contributed by atoms with van der Waals surface area (Å²) < 4.78 is 87.0. The van der Waals surface area contributed by atoms with Crippen molar-refractivity contribution < 1.29 is 50.5 Å². The molecule has 0 saturated heterocycles. The highest BCUT2D eigenvalue weighted by Crippen LogP contribution is 2.37. The van der Waals surface area contributed by atoms with Gasteiger partial charge >= 0.3 is 18.3 Å². The second-order valence-corrected chi connectivity index (χ2v) is 6.92. The largest absolute Gasteiger partial charge is 0.499 e. The van der Waals surface area contributed by atoms with Crippen molar-refractivity contribution in [2.24, 2.45) is 0 Å². The van der Waals surface area contributed by atoms with Gasteiger partial charge in [0.25, 0.3) is 5.91 Å². The number of ether oxygens (including phenoxy) is 2. The minimum atomic E-state index is -5.94. The molecule has 6 nitrogen and oxygen atoms in total. The van der Waals surface area contributed by atoms with Crippen molar-refractivity contribution in [3.63, 3.8) is 0 Å². The molecule has 0 aliphatic heterocycles. The minimum absolute atomic E-state index is 0.0241. The number of carboxylic acids is 1. The number of carbonyl (C=O) groups excluding carboxylic acids is 1. The lowest BCUT2D eigenvalue weighted by Crippen LogP contribution is -2.41. The number of carboxylic acid groups (broad SMARTS) is 1. The van der Waals surface area contributed by atoms with E-state index in [0.29, 0.717) is 0 Å². The highest BCUT2D eigenvalue weighted by atomic mass is 19.4. The molecule has 0 unspecified atom stereocenters. The molecule has 0 amide bonds. The number of carbonyl (C=O) groups is 2. The molecule has 176 valence electrons. The lowest BCUT2D eigenvalue weighted by Gasteiger charge is -2.20. The summed E-state index contributed by atoms with van der Waals surface area (Å²) in [5, 5.41) is 9.46. The Labute approximate surface area is 181 Å². The number of hydrogen-bond donors (Lipinski definition) is 1. The van der Waals surface area contributed by atoms with Gasteiger partial charge in [-0.2, -0.15) is 22.0 Å². The van der Waals surface area contributed by atoms with Crippen molar-refractivity contribution in [1.29, 1.82) is 0 Å². The number of nitrogens with zero attached hydrogens (tertiary/aromatic N) is 1. The summed E-state index contributed by atoms with van der Waals surface area (Å²) in [6.45, 7) is 1.43. The van der Waals surface area contributed by atoms with E-state index in [2.05, 4.69) is 4.74 Å². The zero-order chi connectivity index (χ0) is 24.7. The number of hydrogen-bond acceptors (Lipinski definition) is 4. The topological polar surface area (TPSA) is 77.8 Å². The average molecular weight is 475 g/mol. The van der Waals surface area contributed by atoms with Crippen LogP contribution >= 0.6 is 0 Å². The van der Waals surface area contributed by atoms with Crippen LogP contribution in [-0.2, 0) is 11.2 Å². The molecule has 1 N–H and O–H groups in total. The summed E-state index contributed by atoms with van der Waals surface area (Å²) in [5.41, 5.74) is 0.259. The first-order chi connectivity index (χ1) is 15.3. The molecule has 33 heavy (non-hydrogen) atoms. The van der Waals surface area contributed by atoms with Gasteiger partial charge in [0, 0.05) is 22.7 Å². The number of fused-ring (bicyclic) bond motifs is 1. The molecule has 0 fully saturated rings. The zero-order valence-electron chi connectivity index (χ0n) is 17.0. The van der Waals surface area contributed by atoms with Crippen LogP contribution in [0, 0.1) is 12.7 Å². The second kappa shape index (κ2) is 8.34. The molecule has 0 atom stereocenters. The Morgan fingerprint density at radius 1 is 1.06 bits per heavy atom. The molecule has 0 radical (unpaired) electrons. The monoisotopic (exact) mass is 475 g/mol. The Morgan fingerprint density at radius 3 is 2.18 bits per heavy atom. The molecule has 0 aliphatic rings. The number of methoxy groups -OCH3 is 1. The number of rotatable bonds is 6. The summed E-state index contributed by atoms with van der Waals surface area (Å²) in [6, 6.07) is 5.62. The minimum Gasteiger partial charge on any atom is -0.494 e. The van der Waals surface area contributed by atoms with E-state index < -0.39 is 42.1 Å². The van der Waals surface area contributed by atoms with E-state index in [1.54, 1.807) is 0 Å². The SMILES string of the molecule is COc1cc2c(CC(=O)O)c(C)n(C(=O)c3ccc(OC(F)(F)C(F)(F)F)cc3)c2cc1F. The van der Waals surface area contributed by atoms with Gasteiger partial charge in [-0.05, 0) is 42.8 Å². The van der Waals surface area contributed by atoms with Crippen LogP contribution < -0.4 is 9.47 Å². The zero-order valence-corrected chi connectivity index (χ0v) is 17.0. The van der Waals surface area contributed by atoms with E-state index in [9.17, 15) is 41.0 Å². The van der Waals surface area contributed by atoms with Gasteiger partial charge in [-0.25, -0.2) is 4.39 Å². The second-order valence-electron chi connectivity index (χ2n) is 6.92. The van der Waals surface area contributed by atoms with Gasteiger partial charge in [0.05, 0.1) is 19.0 Å². The third-order valence-corrected chi connectivity index (χ3v) is 4.82. The highest BCUT2D eigenvalue weighted by Gasteiger charge is 2.61. The lowest BCUT2D eigenvalue weighted by atomic mass is 10.1.